The maximum Gasteiger partial charge on any atom is 0.177 e. The molecule has 0 saturated carbocycles. The van der Waals surface area contributed by atoms with Crippen LogP contribution in [-0.4, -0.2) is 19.8 Å². The maximum absolute atomic E-state index is 5.90. The molecule has 0 fully saturated rings. The summed E-state index contributed by atoms with van der Waals surface area (Å²) < 4.78 is 6.93. The Balaban J connectivity index is 1.62. The number of para-hydroxylation sites is 1. The normalized spacial score (nSPS) is 11.2. The number of rotatable bonds is 3. The number of hydrogen-bond donors (Lipinski definition) is 2. The highest BCUT2D eigenvalue weighted by Gasteiger charge is 2.11. The first-order chi connectivity index (χ1) is 12.8. The van der Waals surface area contributed by atoms with Gasteiger partial charge in [0, 0.05) is 23.6 Å². The van der Waals surface area contributed by atoms with E-state index in [1.54, 1.807) is 16.9 Å². The number of fused-ring (bicyclic) bond motifs is 2. The summed E-state index contributed by atoms with van der Waals surface area (Å²) in [5.41, 5.74) is 11.2. The lowest BCUT2D eigenvalue weighted by Gasteiger charge is -2.13. The smallest absolute Gasteiger partial charge is 0.177 e. The highest BCUT2D eigenvalue weighted by molar-refractivity contribution is 5.93. The number of nitrogens with zero attached hydrogens (tertiary/aromatic N) is 4. The number of nitrogens with two attached hydrogens (primary N) is 1. The minimum absolute atomic E-state index is 0.389. The Morgan fingerprint density at radius 1 is 1.00 bits per heavy atom. The zero-order chi connectivity index (χ0) is 17.5. The van der Waals surface area contributed by atoms with Crippen LogP contribution >= 0.6 is 0 Å². The van der Waals surface area contributed by atoms with Gasteiger partial charge in [-0.1, -0.05) is 29.4 Å². The maximum atomic E-state index is 5.90. The third-order valence-corrected chi connectivity index (χ3v) is 4.30. The Morgan fingerprint density at radius 3 is 2.88 bits per heavy atom. The van der Waals surface area contributed by atoms with Crippen molar-refractivity contribution >= 4 is 33.8 Å². The van der Waals surface area contributed by atoms with Crippen molar-refractivity contribution in [3.63, 3.8) is 0 Å². The van der Waals surface area contributed by atoms with Gasteiger partial charge in [-0.25, -0.2) is 9.50 Å². The van der Waals surface area contributed by atoms with Gasteiger partial charge in [0.25, 0.3) is 0 Å². The Bertz CT molecular complexity index is 1240. The highest BCUT2D eigenvalue weighted by Crippen LogP contribution is 2.33. The number of imidazole rings is 1. The average Bonchev–Trinajstić information content (AvgIpc) is 3.30. The van der Waals surface area contributed by atoms with E-state index in [2.05, 4.69) is 26.6 Å². The first kappa shape index (κ1) is 14.5. The zero-order valence-corrected chi connectivity index (χ0v) is 13.6. The largest absolute Gasteiger partial charge is 0.380 e. The molecule has 126 valence electrons. The molecule has 0 saturated heterocycles. The van der Waals surface area contributed by atoms with Crippen molar-refractivity contribution in [3.8, 4) is 11.1 Å². The standard InChI is InChI=1S/C19H14N6O/c20-18-14-11-12(5-6-17(14)26-24-18)13-3-1-2-4-15(13)23-16-7-8-22-25-10-9-21-19(16)25/h1-11,23H,(H2,20,24). The molecule has 3 heterocycles. The van der Waals surface area contributed by atoms with Crippen LogP contribution < -0.4 is 11.1 Å². The van der Waals surface area contributed by atoms with Crippen LogP contribution in [0.2, 0.25) is 0 Å². The van der Waals surface area contributed by atoms with Gasteiger partial charge in [0.1, 0.15) is 0 Å². The van der Waals surface area contributed by atoms with Crippen LogP contribution in [0.5, 0.6) is 0 Å². The predicted molar refractivity (Wildman–Crippen MR) is 100 cm³/mol. The van der Waals surface area contributed by atoms with Crippen molar-refractivity contribution in [2.75, 3.05) is 11.1 Å². The monoisotopic (exact) mass is 342 g/mol. The Kier molecular flexibility index (Phi) is 3.11. The summed E-state index contributed by atoms with van der Waals surface area (Å²) in [7, 11) is 0. The van der Waals surface area contributed by atoms with E-state index in [4.69, 9.17) is 10.3 Å². The molecular weight excluding hydrogens is 328 g/mol. The first-order valence-corrected chi connectivity index (χ1v) is 8.09. The molecule has 0 unspecified atom stereocenters. The third-order valence-electron chi connectivity index (χ3n) is 4.30. The first-order valence-electron chi connectivity index (χ1n) is 8.09. The van der Waals surface area contributed by atoms with Crippen LogP contribution in [0.25, 0.3) is 27.7 Å². The summed E-state index contributed by atoms with van der Waals surface area (Å²) in [5.74, 6) is 0.389. The van der Waals surface area contributed by atoms with Gasteiger partial charge in [-0.15, -0.1) is 0 Å². The van der Waals surface area contributed by atoms with Gasteiger partial charge < -0.3 is 15.6 Å². The van der Waals surface area contributed by atoms with Crippen LogP contribution in [0, 0.1) is 0 Å². The predicted octanol–water partition coefficient (Wildman–Crippen LogP) is 3.86. The van der Waals surface area contributed by atoms with Gasteiger partial charge >= 0.3 is 0 Å². The SMILES string of the molecule is Nc1noc2ccc(-c3ccccc3Nc3ccnn4ccnc34)cc12. The molecule has 0 radical (unpaired) electrons. The lowest BCUT2D eigenvalue weighted by atomic mass is 10.0. The molecule has 7 heteroatoms. The lowest BCUT2D eigenvalue weighted by Crippen LogP contribution is -1.98. The number of benzene rings is 2. The van der Waals surface area contributed by atoms with Crippen molar-refractivity contribution < 1.29 is 4.52 Å². The molecule has 26 heavy (non-hydrogen) atoms. The van der Waals surface area contributed by atoms with Crippen LogP contribution in [0.3, 0.4) is 0 Å². The summed E-state index contributed by atoms with van der Waals surface area (Å²) >= 11 is 0. The van der Waals surface area contributed by atoms with Crippen LogP contribution in [0.15, 0.2) is 71.6 Å². The molecule has 0 aliphatic heterocycles. The minimum Gasteiger partial charge on any atom is -0.380 e. The van der Waals surface area contributed by atoms with Crippen molar-refractivity contribution in [1.82, 2.24) is 19.8 Å². The minimum atomic E-state index is 0.389. The summed E-state index contributed by atoms with van der Waals surface area (Å²) in [6.45, 7) is 0. The van der Waals surface area contributed by atoms with E-state index < -0.39 is 0 Å². The van der Waals surface area contributed by atoms with E-state index in [9.17, 15) is 0 Å². The number of nitrogens with one attached hydrogen (secondary N) is 1. The third kappa shape index (κ3) is 2.26. The van der Waals surface area contributed by atoms with Crippen molar-refractivity contribution in [2.45, 2.75) is 0 Å². The molecule has 3 N–H and O–H groups in total. The summed E-state index contributed by atoms with van der Waals surface area (Å²) in [5, 5.41) is 12.3. The fraction of sp³-hybridized carbons (Fsp3) is 0. The molecular formula is C19H14N6O. The van der Waals surface area contributed by atoms with Crippen LogP contribution in [0.1, 0.15) is 0 Å². The second-order valence-corrected chi connectivity index (χ2v) is 5.89. The number of aromatic nitrogens is 4. The van der Waals surface area contributed by atoms with Gasteiger partial charge in [0.15, 0.2) is 17.0 Å². The van der Waals surface area contributed by atoms with E-state index in [0.29, 0.717) is 11.4 Å². The van der Waals surface area contributed by atoms with Crippen LogP contribution in [-0.2, 0) is 0 Å². The molecule has 0 aliphatic rings. The molecule has 3 aromatic heterocycles. The van der Waals surface area contributed by atoms with E-state index in [0.717, 1.165) is 33.5 Å². The van der Waals surface area contributed by atoms with E-state index in [1.165, 1.54) is 0 Å². The Morgan fingerprint density at radius 2 is 1.92 bits per heavy atom. The number of nitrogen functional groups attached to an aromatic ring is 1. The van der Waals surface area contributed by atoms with Crippen LogP contribution in [0.4, 0.5) is 17.2 Å². The second-order valence-electron chi connectivity index (χ2n) is 5.89. The topological polar surface area (TPSA) is 94.3 Å². The fourth-order valence-electron chi connectivity index (χ4n) is 3.05. The molecule has 0 aliphatic carbocycles. The average molecular weight is 342 g/mol. The highest BCUT2D eigenvalue weighted by atomic mass is 16.5. The van der Waals surface area contributed by atoms with E-state index in [1.807, 2.05) is 48.7 Å². The summed E-state index contributed by atoms with van der Waals surface area (Å²) in [6.07, 6.45) is 5.28. The molecule has 0 amide bonds. The van der Waals surface area contributed by atoms with Crippen molar-refractivity contribution in [3.05, 3.63) is 67.1 Å². The molecule has 0 bridgehead atoms. The van der Waals surface area contributed by atoms with Crippen molar-refractivity contribution in [2.24, 2.45) is 0 Å². The number of hydrogen-bond acceptors (Lipinski definition) is 6. The van der Waals surface area contributed by atoms with Crippen molar-refractivity contribution in [1.29, 1.82) is 0 Å². The molecule has 5 aromatic rings. The summed E-state index contributed by atoms with van der Waals surface area (Å²) in [6, 6.07) is 15.8. The Labute approximate surface area is 148 Å². The van der Waals surface area contributed by atoms with Gasteiger partial charge in [0.05, 0.1) is 17.3 Å². The Hall–Kier alpha value is -3.87. The molecule has 2 aromatic carbocycles. The second kappa shape index (κ2) is 5.59. The summed E-state index contributed by atoms with van der Waals surface area (Å²) in [4.78, 5) is 4.36. The van der Waals surface area contributed by atoms with Gasteiger partial charge in [-0.3, -0.25) is 0 Å². The van der Waals surface area contributed by atoms with E-state index >= 15 is 0 Å². The van der Waals surface area contributed by atoms with E-state index in [-0.39, 0.29) is 0 Å². The van der Waals surface area contributed by atoms with Gasteiger partial charge in [0.2, 0.25) is 0 Å². The molecule has 7 nitrogen and oxygen atoms in total. The van der Waals surface area contributed by atoms with Gasteiger partial charge in [-0.2, -0.15) is 5.10 Å². The molecule has 5 rings (SSSR count). The fourth-order valence-corrected chi connectivity index (χ4v) is 3.05. The molecule has 0 spiro atoms. The molecule has 0 atom stereocenters. The van der Waals surface area contributed by atoms with Gasteiger partial charge in [-0.05, 0) is 29.8 Å². The number of anilines is 3. The lowest BCUT2D eigenvalue weighted by molar-refractivity contribution is 0.460. The quantitative estimate of drug-likeness (QED) is 0.517. The zero-order valence-electron chi connectivity index (χ0n) is 13.6.